The van der Waals surface area contributed by atoms with Gasteiger partial charge in [0.05, 0.1) is 17.3 Å². The lowest BCUT2D eigenvalue weighted by Crippen LogP contribution is -2.54. The Bertz CT molecular complexity index is 968. The fraction of sp³-hybridized carbons (Fsp3) is 0.150. The van der Waals surface area contributed by atoms with Crippen LogP contribution >= 0.6 is 15.9 Å². The second-order valence-corrected chi connectivity index (χ2v) is 6.69. The Morgan fingerprint density at radius 1 is 1.15 bits per heavy atom. The van der Waals surface area contributed by atoms with Crippen molar-refractivity contribution in [3.8, 4) is 5.75 Å². The minimum absolute atomic E-state index is 0.113. The molecule has 1 N–H and O–H groups in total. The van der Waals surface area contributed by atoms with Crippen LogP contribution in [0.2, 0.25) is 0 Å². The molecule has 0 atom stereocenters. The SMILES string of the molecule is CCc1ccccc1N1C(=O)NC(=O)C(=Cc2ccc(OC)c(Br)c2)C1=O. The molecule has 1 saturated heterocycles. The van der Waals surface area contributed by atoms with Crippen LogP contribution in [0.1, 0.15) is 18.1 Å². The van der Waals surface area contributed by atoms with Crippen molar-refractivity contribution >= 4 is 45.5 Å². The monoisotopic (exact) mass is 428 g/mol. The Labute approximate surface area is 164 Å². The van der Waals surface area contributed by atoms with Gasteiger partial charge in [-0.25, -0.2) is 9.69 Å². The first-order valence-electron chi connectivity index (χ1n) is 8.29. The lowest BCUT2D eigenvalue weighted by atomic mass is 10.0. The smallest absolute Gasteiger partial charge is 0.335 e. The number of urea groups is 1. The van der Waals surface area contributed by atoms with Gasteiger partial charge in [-0.15, -0.1) is 0 Å². The topological polar surface area (TPSA) is 75.7 Å². The number of benzene rings is 2. The molecule has 0 spiro atoms. The number of halogens is 1. The number of methoxy groups -OCH3 is 1. The predicted molar refractivity (Wildman–Crippen MR) is 106 cm³/mol. The van der Waals surface area contributed by atoms with Crippen LogP contribution in [0.25, 0.3) is 6.08 Å². The van der Waals surface area contributed by atoms with Gasteiger partial charge in [0.2, 0.25) is 0 Å². The summed E-state index contributed by atoms with van der Waals surface area (Å²) in [5, 5.41) is 2.24. The fourth-order valence-electron chi connectivity index (χ4n) is 2.84. The molecule has 0 radical (unpaired) electrons. The third kappa shape index (κ3) is 3.64. The van der Waals surface area contributed by atoms with E-state index in [9.17, 15) is 14.4 Å². The van der Waals surface area contributed by atoms with Crippen LogP contribution in [0.5, 0.6) is 5.75 Å². The number of rotatable bonds is 4. The number of para-hydroxylation sites is 1. The molecule has 0 saturated carbocycles. The highest BCUT2D eigenvalue weighted by atomic mass is 79.9. The molecule has 1 aliphatic heterocycles. The van der Waals surface area contributed by atoms with E-state index in [0.717, 1.165) is 10.5 Å². The first-order chi connectivity index (χ1) is 13.0. The Morgan fingerprint density at radius 3 is 2.56 bits per heavy atom. The summed E-state index contributed by atoms with van der Waals surface area (Å²) in [6.07, 6.45) is 2.10. The molecule has 0 unspecified atom stereocenters. The van der Waals surface area contributed by atoms with E-state index in [-0.39, 0.29) is 5.57 Å². The first-order valence-corrected chi connectivity index (χ1v) is 9.08. The minimum atomic E-state index is -0.751. The third-order valence-corrected chi connectivity index (χ3v) is 4.82. The van der Waals surface area contributed by atoms with Crippen molar-refractivity contribution < 1.29 is 19.1 Å². The van der Waals surface area contributed by atoms with Crippen molar-refractivity contribution in [2.45, 2.75) is 13.3 Å². The molecule has 0 aromatic heterocycles. The third-order valence-electron chi connectivity index (χ3n) is 4.20. The summed E-state index contributed by atoms with van der Waals surface area (Å²) in [5.74, 6) is -0.746. The van der Waals surface area contributed by atoms with Gasteiger partial charge in [-0.3, -0.25) is 14.9 Å². The molecule has 1 heterocycles. The standard InChI is InChI=1S/C20H17BrN2O4/c1-3-13-6-4-5-7-16(13)23-19(25)14(18(24)22-20(23)26)10-12-8-9-17(27-2)15(21)11-12/h4-11H,3H2,1-2H3,(H,22,24,26). The van der Waals surface area contributed by atoms with Crippen LogP contribution in [0.4, 0.5) is 10.5 Å². The quantitative estimate of drug-likeness (QED) is 0.594. The van der Waals surface area contributed by atoms with Gasteiger partial charge in [0.1, 0.15) is 11.3 Å². The molecule has 0 bridgehead atoms. The van der Waals surface area contributed by atoms with Crippen LogP contribution in [0, 0.1) is 0 Å². The Morgan fingerprint density at radius 2 is 1.89 bits per heavy atom. The van der Waals surface area contributed by atoms with Crippen LogP contribution in [-0.4, -0.2) is 25.0 Å². The highest BCUT2D eigenvalue weighted by Crippen LogP contribution is 2.28. The zero-order valence-corrected chi connectivity index (χ0v) is 16.4. The highest BCUT2D eigenvalue weighted by molar-refractivity contribution is 9.10. The molecule has 1 fully saturated rings. The molecular formula is C20H17BrN2O4. The zero-order valence-electron chi connectivity index (χ0n) is 14.8. The molecule has 1 aliphatic rings. The molecule has 3 rings (SSSR count). The Balaban J connectivity index is 2.03. The maximum Gasteiger partial charge on any atom is 0.335 e. The number of barbiturate groups is 1. The molecule has 6 nitrogen and oxygen atoms in total. The van der Waals surface area contributed by atoms with E-state index >= 15 is 0 Å². The predicted octanol–water partition coefficient (Wildman–Crippen LogP) is 3.69. The second kappa shape index (κ2) is 7.75. The van der Waals surface area contributed by atoms with Gasteiger partial charge in [-0.2, -0.15) is 0 Å². The van der Waals surface area contributed by atoms with Crippen LogP contribution in [0.3, 0.4) is 0 Å². The zero-order chi connectivity index (χ0) is 19.6. The van der Waals surface area contributed by atoms with Crippen LogP contribution in [0.15, 0.2) is 52.5 Å². The number of carbonyl (C=O) groups excluding carboxylic acids is 3. The number of hydrogen-bond donors (Lipinski definition) is 1. The molecule has 4 amide bonds. The lowest BCUT2D eigenvalue weighted by Gasteiger charge is -2.28. The van der Waals surface area contributed by atoms with E-state index in [1.807, 2.05) is 19.1 Å². The summed E-state index contributed by atoms with van der Waals surface area (Å²) in [6, 6.07) is 11.5. The Hall–Kier alpha value is -2.93. The van der Waals surface area contributed by atoms with E-state index < -0.39 is 17.8 Å². The number of nitrogens with one attached hydrogen (secondary N) is 1. The van der Waals surface area contributed by atoms with Crippen molar-refractivity contribution in [1.29, 1.82) is 0 Å². The molecule has 138 valence electrons. The number of imide groups is 2. The summed E-state index contributed by atoms with van der Waals surface area (Å²) >= 11 is 3.38. The van der Waals surface area contributed by atoms with Crippen molar-refractivity contribution in [3.05, 3.63) is 63.6 Å². The largest absolute Gasteiger partial charge is 0.496 e. The summed E-state index contributed by atoms with van der Waals surface area (Å²) in [7, 11) is 1.55. The molecule has 2 aromatic rings. The van der Waals surface area contributed by atoms with Gasteiger partial charge in [0.25, 0.3) is 11.8 Å². The van der Waals surface area contributed by atoms with Crippen LogP contribution in [-0.2, 0) is 16.0 Å². The minimum Gasteiger partial charge on any atom is -0.496 e. The fourth-order valence-corrected chi connectivity index (χ4v) is 3.40. The molecule has 27 heavy (non-hydrogen) atoms. The van der Waals surface area contributed by atoms with Gasteiger partial charge in [0.15, 0.2) is 0 Å². The van der Waals surface area contributed by atoms with Gasteiger partial charge in [-0.05, 0) is 57.8 Å². The number of anilines is 1. The van der Waals surface area contributed by atoms with E-state index in [2.05, 4.69) is 21.2 Å². The van der Waals surface area contributed by atoms with E-state index in [1.54, 1.807) is 37.4 Å². The van der Waals surface area contributed by atoms with E-state index in [1.165, 1.54) is 6.08 Å². The van der Waals surface area contributed by atoms with E-state index in [4.69, 9.17) is 4.74 Å². The number of aryl methyl sites for hydroxylation is 1. The lowest BCUT2D eigenvalue weighted by molar-refractivity contribution is -0.122. The summed E-state index contributed by atoms with van der Waals surface area (Å²) in [6.45, 7) is 1.93. The number of hydrogen-bond acceptors (Lipinski definition) is 4. The maximum absolute atomic E-state index is 13.0. The average molecular weight is 429 g/mol. The molecule has 7 heteroatoms. The van der Waals surface area contributed by atoms with Gasteiger partial charge in [0, 0.05) is 0 Å². The normalized spacial score (nSPS) is 15.9. The van der Waals surface area contributed by atoms with Crippen LogP contribution < -0.4 is 15.0 Å². The maximum atomic E-state index is 13.0. The van der Waals surface area contributed by atoms with Crippen molar-refractivity contribution in [2.24, 2.45) is 0 Å². The van der Waals surface area contributed by atoms with Crippen molar-refractivity contribution in [2.75, 3.05) is 12.0 Å². The van der Waals surface area contributed by atoms with Crippen molar-refractivity contribution in [1.82, 2.24) is 5.32 Å². The van der Waals surface area contributed by atoms with Gasteiger partial charge >= 0.3 is 6.03 Å². The second-order valence-electron chi connectivity index (χ2n) is 5.83. The highest BCUT2D eigenvalue weighted by Gasteiger charge is 2.37. The number of ether oxygens (including phenoxy) is 1. The van der Waals surface area contributed by atoms with Crippen molar-refractivity contribution in [3.63, 3.8) is 0 Å². The first kappa shape index (κ1) is 18.8. The summed E-state index contributed by atoms with van der Waals surface area (Å²) < 4.78 is 5.87. The molecule has 2 aromatic carbocycles. The number of amides is 4. The molecular weight excluding hydrogens is 412 g/mol. The summed E-state index contributed by atoms with van der Waals surface area (Å²) in [4.78, 5) is 38.6. The molecule has 0 aliphatic carbocycles. The Kier molecular flexibility index (Phi) is 5.41. The average Bonchev–Trinajstić information content (AvgIpc) is 2.65. The number of carbonyl (C=O) groups is 3. The van der Waals surface area contributed by atoms with Gasteiger partial charge < -0.3 is 4.74 Å². The summed E-state index contributed by atoms with van der Waals surface area (Å²) in [5.41, 5.74) is 1.82. The van der Waals surface area contributed by atoms with Gasteiger partial charge in [-0.1, -0.05) is 31.2 Å². The number of nitrogens with zero attached hydrogens (tertiary/aromatic N) is 1. The van der Waals surface area contributed by atoms with E-state index in [0.29, 0.717) is 27.9 Å².